The van der Waals surface area contributed by atoms with Crippen LogP contribution in [-0.4, -0.2) is 34.7 Å². The molecule has 0 radical (unpaired) electrons. The van der Waals surface area contributed by atoms with Gasteiger partial charge in [-0.2, -0.15) is 0 Å². The van der Waals surface area contributed by atoms with Crippen molar-refractivity contribution in [3.63, 3.8) is 0 Å². The molecule has 82 valence electrons. The van der Waals surface area contributed by atoms with E-state index >= 15 is 0 Å². The average molecular weight is 216 g/mol. The molecule has 3 atom stereocenters. The van der Waals surface area contributed by atoms with Crippen molar-refractivity contribution in [1.29, 1.82) is 0 Å². The first kappa shape index (κ1) is 10.6. The van der Waals surface area contributed by atoms with Crippen LogP contribution in [0.3, 0.4) is 0 Å². The lowest BCUT2D eigenvalue weighted by Gasteiger charge is -2.25. The van der Waals surface area contributed by atoms with Gasteiger partial charge in [0.1, 0.15) is 0 Å². The molecule has 1 heterocycles. The molecule has 14 heavy (non-hydrogen) atoms. The zero-order valence-electron chi connectivity index (χ0n) is 9.07. The molecule has 1 saturated carbocycles. The Morgan fingerprint density at radius 1 is 1.21 bits per heavy atom. The maximum atomic E-state index is 5.76. The van der Waals surface area contributed by atoms with Crippen LogP contribution in [0.2, 0.25) is 5.54 Å². The fourth-order valence-corrected chi connectivity index (χ4v) is 4.80. The van der Waals surface area contributed by atoms with Crippen LogP contribution < -0.4 is 0 Å². The van der Waals surface area contributed by atoms with Crippen LogP contribution in [0.15, 0.2) is 0 Å². The Labute approximate surface area is 87.6 Å². The van der Waals surface area contributed by atoms with E-state index in [2.05, 4.69) is 0 Å². The van der Waals surface area contributed by atoms with E-state index < -0.39 is 9.28 Å². The van der Waals surface area contributed by atoms with Gasteiger partial charge in [0.05, 0.1) is 12.2 Å². The molecule has 2 aliphatic rings. The molecular formula is C10H20O3Si. The Balaban J connectivity index is 1.88. The van der Waals surface area contributed by atoms with Gasteiger partial charge in [-0.3, -0.25) is 0 Å². The van der Waals surface area contributed by atoms with E-state index in [1.54, 1.807) is 0 Å². The van der Waals surface area contributed by atoms with Crippen molar-refractivity contribution in [2.75, 3.05) is 13.2 Å². The van der Waals surface area contributed by atoms with Crippen molar-refractivity contribution in [3.8, 4) is 0 Å². The molecule has 2 rings (SSSR count). The van der Waals surface area contributed by atoms with Gasteiger partial charge in [0.2, 0.25) is 0 Å². The van der Waals surface area contributed by atoms with Crippen molar-refractivity contribution >= 4 is 9.28 Å². The first-order chi connectivity index (χ1) is 6.86. The molecule has 0 amide bonds. The number of ether oxygens (including phenoxy) is 1. The molecule has 1 aliphatic heterocycles. The molecule has 2 fully saturated rings. The predicted octanol–water partition coefficient (Wildman–Crippen LogP) is 1.60. The first-order valence-corrected chi connectivity index (χ1v) is 7.36. The molecular weight excluding hydrogens is 196 g/mol. The number of hydrogen-bond donors (Lipinski definition) is 0. The van der Waals surface area contributed by atoms with Crippen LogP contribution in [0, 0.1) is 0 Å². The summed E-state index contributed by atoms with van der Waals surface area (Å²) in [7, 11) is -1.46. The summed E-state index contributed by atoms with van der Waals surface area (Å²) in [6.07, 6.45) is 4.82. The molecule has 3 nitrogen and oxygen atoms in total. The van der Waals surface area contributed by atoms with E-state index in [-0.39, 0.29) is 0 Å². The number of epoxide rings is 1. The van der Waals surface area contributed by atoms with Crippen molar-refractivity contribution in [2.45, 2.75) is 50.9 Å². The molecule has 0 aromatic heterocycles. The fourth-order valence-electron chi connectivity index (χ4n) is 2.40. The highest BCUT2D eigenvalue weighted by Gasteiger charge is 2.51. The van der Waals surface area contributed by atoms with Crippen LogP contribution >= 0.6 is 0 Å². The molecule has 1 aliphatic carbocycles. The molecule has 1 saturated heterocycles. The molecule has 0 bridgehead atoms. The Kier molecular flexibility index (Phi) is 3.60. The highest BCUT2D eigenvalue weighted by Crippen LogP contribution is 2.45. The molecule has 3 unspecified atom stereocenters. The summed E-state index contributed by atoms with van der Waals surface area (Å²) >= 11 is 0. The van der Waals surface area contributed by atoms with E-state index in [9.17, 15) is 0 Å². The summed E-state index contributed by atoms with van der Waals surface area (Å²) in [5.74, 6) is 0. The maximum Gasteiger partial charge on any atom is 0.327 e. The minimum atomic E-state index is -1.46. The smallest absolute Gasteiger partial charge is 0.327 e. The Morgan fingerprint density at radius 2 is 1.93 bits per heavy atom. The van der Waals surface area contributed by atoms with Crippen molar-refractivity contribution in [3.05, 3.63) is 0 Å². The molecule has 0 N–H and O–H groups in total. The number of fused-ring (bicyclic) bond motifs is 1. The van der Waals surface area contributed by atoms with Gasteiger partial charge in [0, 0.05) is 18.8 Å². The summed E-state index contributed by atoms with van der Waals surface area (Å²) in [6.45, 7) is 5.66. The Morgan fingerprint density at radius 3 is 2.57 bits per heavy atom. The number of hydrogen-bond acceptors (Lipinski definition) is 3. The molecule has 0 aromatic carbocycles. The largest absolute Gasteiger partial charge is 0.397 e. The quantitative estimate of drug-likeness (QED) is 0.517. The lowest BCUT2D eigenvalue weighted by atomic mass is 10.0. The van der Waals surface area contributed by atoms with Crippen LogP contribution in [0.25, 0.3) is 0 Å². The third-order valence-electron chi connectivity index (χ3n) is 3.08. The lowest BCUT2D eigenvalue weighted by Crippen LogP contribution is -2.34. The van der Waals surface area contributed by atoms with Crippen molar-refractivity contribution < 1.29 is 13.6 Å². The topological polar surface area (TPSA) is 31.0 Å². The zero-order chi connectivity index (χ0) is 9.97. The van der Waals surface area contributed by atoms with Gasteiger partial charge in [-0.05, 0) is 26.7 Å². The van der Waals surface area contributed by atoms with Gasteiger partial charge >= 0.3 is 9.28 Å². The number of rotatable bonds is 5. The highest BCUT2D eigenvalue weighted by molar-refractivity contribution is 6.46. The van der Waals surface area contributed by atoms with Crippen LogP contribution in [0.1, 0.15) is 33.1 Å². The normalized spacial score (nSPS) is 35.8. The zero-order valence-corrected chi connectivity index (χ0v) is 10.2. The van der Waals surface area contributed by atoms with Gasteiger partial charge in [0.25, 0.3) is 0 Å². The van der Waals surface area contributed by atoms with Gasteiger partial charge in [-0.15, -0.1) is 0 Å². The van der Waals surface area contributed by atoms with E-state index in [4.69, 9.17) is 13.6 Å². The minimum Gasteiger partial charge on any atom is -0.397 e. The molecule has 0 aromatic rings. The standard InChI is InChI=1S/C10H20O3Si/c1-3-11-14(12-4-2)9-7-5-6-8-10(9)13-8/h8-10,14H,3-7H2,1-2H3. The molecule has 0 spiro atoms. The van der Waals surface area contributed by atoms with Crippen LogP contribution in [-0.2, 0) is 13.6 Å². The SMILES string of the molecule is CCO[SiH](OCC)C1CCCC2OC21. The van der Waals surface area contributed by atoms with Gasteiger partial charge in [-0.25, -0.2) is 0 Å². The van der Waals surface area contributed by atoms with E-state index in [0.717, 1.165) is 13.2 Å². The second-order valence-corrected chi connectivity index (χ2v) is 6.27. The summed E-state index contributed by atoms with van der Waals surface area (Å²) in [5, 5.41) is 0. The van der Waals surface area contributed by atoms with Crippen LogP contribution in [0.5, 0.6) is 0 Å². The van der Waals surface area contributed by atoms with Gasteiger partial charge < -0.3 is 13.6 Å². The van der Waals surface area contributed by atoms with Crippen molar-refractivity contribution in [2.24, 2.45) is 0 Å². The summed E-state index contributed by atoms with van der Waals surface area (Å²) in [4.78, 5) is 0. The highest BCUT2D eigenvalue weighted by atomic mass is 28.3. The van der Waals surface area contributed by atoms with E-state index in [0.29, 0.717) is 17.7 Å². The third kappa shape index (κ3) is 2.19. The monoisotopic (exact) mass is 216 g/mol. The lowest BCUT2D eigenvalue weighted by molar-refractivity contribution is 0.195. The summed E-state index contributed by atoms with van der Waals surface area (Å²) in [6, 6.07) is 0. The molecule has 4 heteroatoms. The second kappa shape index (κ2) is 4.75. The first-order valence-electron chi connectivity index (χ1n) is 5.75. The van der Waals surface area contributed by atoms with Gasteiger partial charge in [0.15, 0.2) is 0 Å². The summed E-state index contributed by atoms with van der Waals surface area (Å²) in [5.41, 5.74) is 0.605. The second-order valence-electron chi connectivity index (χ2n) is 4.01. The Bertz CT molecular complexity index is 182. The van der Waals surface area contributed by atoms with Crippen LogP contribution in [0.4, 0.5) is 0 Å². The van der Waals surface area contributed by atoms with Crippen molar-refractivity contribution in [1.82, 2.24) is 0 Å². The predicted molar refractivity (Wildman–Crippen MR) is 56.7 cm³/mol. The van der Waals surface area contributed by atoms with Gasteiger partial charge in [-0.1, -0.05) is 6.42 Å². The van der Waals surface area contributed by atoms with E-state index in [1.807, 2.05) is 13.8 Å². The minimum absolute atomic E-state index is 0.485. The fraction of sp³-hybridized carbons (Fsp3) is 1.00. The van der Waals surface area contributed by atoms with E-state index in [1.165, 1.54) is 19.3 Å². The summed E-state index contributed by atoms with van der Waals surface area (Å²) < 4.78 is 17.1. The third-order valence-corrected chi connectivity index (χ3v) is 5.82. The Hall–Kier alpha value is 0.0969. The average Bonchev–Trinajstić information content (AvgIpc) is 2.95. The maximum absolute atomic E-state index is 5.76.